The maximum absolute atomic E-state index is 15.7. The molecule has 1 aromatic carbocycles. The lowest BCUT2D eigenvalue weighted by Gasteiger charge is -2.43. The van der Waals surface area contributed by atoms with Crippen LogP contribution in [0.2, 0.25) is 0 Å². The Bertz CT molecular complexity index is 2410. The van der Waals surface area contributed by atoms with Crippen LogP contribution in [-0.4, -0.2) is 201 Å². The van der Waals surface area contributed by atoms with Crippen LogP contribution in [0.5, 0.6) is 5.75 Å². The lowest BCUT2D eigenvalue weighted by atomic mass is 9.91. The van der Waals surface area contributed by atoms with Crippen molar-refractivity contribution in [3.05, 3.63) is 29.8 Å². The van der Waals surface area contributed by atoms with Gasteiger partial charge in [-0.3, -0.25) is 43.2 Å². The maximum atomic E-state index is 15.7. The number of carbonyl (C=O) groups is 10. The van der Waals surface area contributed by atoms with Gasteiger partial charge >= 0.3 is 11.9 Å². The number of benzene rings is 1. The molecule has 0 aliphatic carbocycles. The number of aliphatic hydroxyl groups is 2. The molecule has 0 unspecified atom stereocenters. The minimum absolute atomic E-state index is 0.0822. The lowest BCUT2D eigenvalue weighted by molar-refractivity contribution is -0.168. The Morgan fingerprint density at radius 1 is 0.829 bits per heavy atom. The van der Waals surface area contributed by atoms with Crippen molar-refractivity contribution in [2.75, 3.05) is 34.3 Å². The quantitative estimate of drug-likeness (QED) is 0.136. The Morgan fingerprint density at radius 2 is 1.45 bits per heavy atom. The molecule has 0 aromatic heterocycles. The van der Waals surface area contributed by atoms with Crippen LogP contribution >= 0.6 is 0 Å². The fraction of sp³-hybridized carbons (Fsp3) is 0.733. The number of Topliss-reactive ketones (excluding diaryl/α,β-unsaturated/α-hetero) is 1. The molecule has 7 amide bonds. The summed E-state index contributed by atoms with van der Waals surface area (Å²) < 4.78 is 17.5. The second-order valence-corrected chi connectivity index (χ2v) is 24.3. The van der Waals surface area contributed by atoms with Crippen molar-refractivity contribution >= 4 is 59.1 Å². The van der Waals surface area contributed by atoms with E-state index >= 15 is 19.2 Å². The van der Waals surface area contributed by atoms with Crippen LogP contribution in [-0.2, 0) is 63.8 Å². The van der Waals surface area contributed by atoms with E-state index in [1.807, 2.05) is 27.7 Å². The molecule has 460 valence electrons. The summed E-state index contributed by atoms with van der Waals surface area (Å²) in [6, 6.07) is -2.98. The number of methoxy groups -OCH3 is 1. The van der Waals surface area contributed by atoms with E-state index in [0.717, 1.165) is 0 Å². The molecule has 22 nitrogen and oxygen atoms in total. The number of fused-ring (bicyclic) bond motifs is 1. The van der Waals surface area contributed by atoms with Crippen molar-refractivity contribution < 1.29 is 72.4 Å². The molecule has 13 atom stereocenters. The lowest BCUT2D eigenvalue weighted by Crippen LogP contribution is -2.64. The second-order valence-electron chi connectivity index (χ2n) is 24.3. The van der Waals surface area contributed by atoms with Crippen LogP contribution in [0.15, 0.2) is 24.3 Å². The van der Waals surface area contributed by atoms with Gasteiger partial charge in [-0.05, 0) is 115 Å². The molecular formula is C60H95N7O15. The van der Waals surface area contributed by atoms with Gasteiger partial charge < -0.3 is 59.6 Å². The molecule has 4 N–H and O–H groups in total. The zero-order valence-electron chi connectivity index (χ0n) is 51.3. The predicted octanol–water partition coefficient (Wildman–Crippen LogP) is 3.44. The maximum Gasteiger partial charge on any atom is 0.329 e. The summed E-state index contributed by atoms with van der Waals surface area (Å²) >= 11 is 0. The Labute approximate surface area is 485 Å². The molecule has 0 saturated carbocycles. The van der Waals surface area contributed by atoms with Crippen LogP contribution in [0.3, 0.4) is 0 Å². The second kappa shape index (κ2) is 30.4. The Balaban J connectivity index is 1.97. The average Bonchev–Trinajstić information content (AvgIpc) is 4.22. The number of rotatable bonds is 16. The minimum atomic E-state index is -1.72. The topological polar surface area (TPSA) is 279 Å². The molecule has 0 bridgehead atoms. The van der Waals surface area contributed by atoms with Gasteiger partial charge in [0.05, 0.1) is 31.6 Å². The van der Waals surface area contributed by atoms with E-state index in [4.69, 9.17) is 14.2 Å². The van der Waals surface area contributed by atoms with Crippen molar-refractivity contribution in [1.82, 2.24) is 35.1 Å². The van der Waals surface area contributed by atoms with E-state index in [-0.39, 0.29) is 57.0 Å². The van der Waals surface area contributed by atoms with Gasteiger partial charge in [-0.1, -0.05) is 73.9 Å². The monoisotopic (exact) mass is 1150 g/mol. The number of amides is 7. The number of likely N-dealkylation sites (tertiary alicyclic amines) is 1. The molecule has 3 aliphatic rings. The highest BCUT2D eigenvalue weighted by Crippen LogP contribution is 2.29. The van der Waals surface area contributed by atoms with Crippen molar-refractivity contribution in [2.24, 2.45) is 29.6 Å². The SMILES string of the molecule is CC[C@H](C)[C@@H]1NC(=O)[C@@H](N(C(=O)[C@@H](CC(C)C)N(C)C(=O)[C@@H]2CCCN2C(=O)[C@H](C)O)C(C)C)[C@@H](C)OC(=O)[C@H](Cc2ccc(OC)cc2)N(C)C(=O)[C@@H]2CCCN2C(=O)[C@H](CC(C)C)NC(=O)[C@@H](C)C(=O)[C@H](C(C)C)OC(=O)C[C@@H]1O. The summed E-state index contributed by atoms with van der Waals surface area (Å²) in [6.07, 6.45) is -5.00. The first kappa shape index (κ1) is 68.3. The van der Waals surface area contributed by atoms with Gasteiger partial charge in [0, 0.05) is 39.6 Å². The number of carbonyl (C=O) groups excluding carboxylic acids is 10. The van der Waals surface area contributed by atoms with Gasteiger partial charge in [0.15, 0.2) is 11.9 Å². The van der Waals surface area contributed by atoms with Crippen LogP contribution in [0.4, 0.5) is 0 Å². The third-order valence-electron chi connectivity index (χ3n) is 16.2. The smallest absolute Gasteiger partial charge is 0.329 e. The molecule has 1 aromatic rings. The van der Waals surface area contributed by atoms with Crippen LogP contribution in [0.25, 0.3) is 0 Å². The summed E-state index contributed by atoms with van der Waals surface area (Å²) in [6.45, 7) is 21.9. The van der Waals surface area contributed by atoms with E-state index in [1.165, 1.54) is 66.5 Å². The summed E-state index contributed by atoms with van der Waals surface area (Å²) in [7, 11) is 4.35. The zero-order chi connectivity index (χ0) is 61.8. The zero-order valence-corrected chi connectivity index (χ0v) is 51.3. The number of cyclic esters (lactones) is 2. The molecule has 4 rings (SSSR count). The van der Waals surface area contributed by atoms with Gasteiger partial charge in [-0.25, -0.2) is 4.79 Å². The van der Waals surface area contributed by atoms with Gasteiger partial charge in [0.25, 0.3) is 5.91 Å². The van der Waals surface area contributed by atoms with E-state index < -0.39 is 156 Å². The average molecular weight is 1150 g/mol. The van der Waals surface area contributed by atoms with Gasteiger partial charge in [-0.15, -0.1) is 0 Å². The number of nitrogens with one attached hydrogen (secondary N) is 2. The largest absolute Gasteiger partial charge is 0.497 e. The Kier molecular flexibility index (Phi) is 25.3. The third-order valence-corrected chi connectivity index (χ3v) is 16.2. The van der Waals surface area contributed by atoms with Crippen molar-refractivity contribution in [3.63, 3.8) is 0 Å². The highest BCUT2D eigenvalue weighted by molar-refractivity contribution is 6.05. The minimum Gasteiger partial charge on any atom is -0.497 e. The number of esters is 2. The van der Waals surface area contributed by atoms with Gasteiger partial charge in [0.2, 0.25) is 35.4 Å². The van der Waals surface area contributed by atoms with Gasteiger partial charge in [-0.2, -0.15) is 0 Å². The fourth-order valence-corrected chi connectivity index (χ4v) is 11.3. The molecule has 0 radical (unpaired) electrons. The highest BCUT2D eigenvalue weighted by atomic mass is 16.6. The first-order valence-electron chi connectivity index (χ1n) is 29.4. The van der Waals surface area contributed by atoms with E-state index in [1.54, 1.807) is 65.8 Å². The van der Waals surface area contributed by atoms with Crippen molar-refractivity contribution in [1.29, 1.82) is 0 Å². The number of ketones is 1. The number of nitrogens with zero attached hydrogens (tertiary/aromatic N) is 5. The highest BCUT2D eigenvalue weighted by Gasteiger charge is 2.48. The molecule has 82 heavy (non-hydrogen) atoms. The Hall–Kier alpha value is -6.16. The summed E-state index contributed by atoms with van der Waals surface area (Å²) in [4.78, 5) is 152. The summed E-state index contributed by atoms with van der Waals surface area (Å²) in [5.74, 6) is -10.1. The molecule has 3 saturated heterocycles. The molecule has 3 heterocycles. The first-order chi connectivity index (χ1) is 38.4. The summed E-state index contributed by atoms with van der Waals surface area (Å²) in [5.41, 5.74) is 0.576. The molecule has 0 spiro atoms. The normalized spacial score (nSPS) is 27.2. The fourth-order valence-electron chi connectivity index (χ4n) is 11.3. The van der Waals surface area contributed by atoms with E-state index in [2.05, 4.69) is 10.6 Å². The van der Waals surface area contributed by atoms with Crippen molar-refractivity contribution in [3.8, 4) is 5.75 Å². The third kappa shape index (κ3) is 17.0. The van der Waals surface area contributed by atoms with E-state index in [9.17, 15) is 39.0 Å². The number of hydrogen-bond acceptors (Lipinski definition) is 15. The molecule has 3 aliphatic heterocycles. The standard InChI is InChI=1S/C60H95N7O15/c1-17-36(10)49-47(69)31-48(70)82-52(34(6)7)51(71)37(11)53(72)61-42(28-32(2)3)56(75)66-27-19-21-44(66)58(77)64(15)46(30-40-22-24-41(80-16)25-23-40)60(79)81-39(13)50(54(73)62-49)67(35(8)9)59(78)45(29-33(4)5)63(14)57(76)43-20-18-26-65(43)55(74)38(12)68/h22-25,32-39,42-47,49-50,52,68-69H,17-21,26-31H2,1-16H3,(H,61,72)(H,62,73)/t36-,37-,38-,39+,42-,43-,44-,45+,46-,47-,49-,50-,52-/m0/s1. The number of aliphatic hydroxyl groups excluding tert-OH is 2. The van der Waals surface area contributed by atoms with Gasteiger partial charge in [0.1, 0.15) is 54.2 Å². The number of hydrogen-bond donors (Lipinski definition) is 4. The van der Waals surface area contributed by atoms with Crippen LogP contribution in [0, 0.1) is 29.6 Å². The number of likely N-dealkylation sites (N-methyl/N-ethyl adjacent to an activating group) is 2. The Morgan fingerprint density at radius 3 is 2.00 bits per heavy atom. The molecule has 22 heteroatoms. The van der Waals surface area contributed by atoms with Crippen LogP contribution < -0.4 is 15.4 Å². The van der Waals surface area contributed by atoms with E-state index in [0.29, 0.717) is 30.6 Å². The first-order valence-corrected chi connectivity index (χ1v) is 29.4. The summed E-state index contributed by atoms with van der Waals surface area (Å²) in [5, 5.41) is 27.9. The number of ether oxygens (including phenoxy) is 3. The molecular weight excluding hydrogens is 1060 g/mol. The predicted molar refractivity (Wildman–Crippen MR) is 304 cm³/mol. The van der Waals surface area contributed by atoms with Crippen molar-refractivity contribution in [2.45, 2.75) is 221 Å². The van der Waals surface area contributed by atoms with Crippen LogP contribution in [0.1, 0.15) is 147 Å². The molecule has 3 fully saturated rings.